The summed E-state index contributed by atoms with van der Waals surface area (Å²) in [6, 6.07) is 1.29. The van der Waals surface area contributed by atoms with Crippen LogP contribution in [-0.4, -0.2) is 30.2 Å². The van der Waals surface area contributed by atoms with Gasteiger partial charge in [0.25, 0.3) is 15.7 Å². The van der Waals surface area contributed by atoms with E-state index in [-0.39, 0.29) is 15.9 Å². The van der Waals surface area contributed by atoms with Crippen molar-refractivity contribution >= 4 is 27.0 Å². The van der Waals surface area contributed by atoms with Crippen molar-refractivity contribution in [3.05, 3.63) is 21.1 Å². The molecule has 3 rings (SSSR count). The molecule has 2 aliphatic rings. The predicted molar refractivity (Wildman–Crippen MR) is 70.7 cm³/mol. The number of hydrogen-bond acceptors (Lipinski definition) is 5. The van der Waals surface area contributed by atoms with E-state index in [1.54, 1.807) is 6.92 Å². The van der Waals surface area contributed by atoms with Crippen molar-refractivity contribution in [2.75, 3.05) is 6.54 Å². The van der Waals surface area contributed by atoms with Crippen LogP contribution in [0.1, 0.15) is 24.1 Å². The smallest absolute Gasteiger partial charge is 0.258 e. The minimum atomic E-state index is -3.56. The van der Waals surface area contributed by atoms with Crippen molar-refractivity contribution in [1.82, 2.24) is 4.31 Å². The molecule has 6 nitrogen and oxygen atoms in total. The van der Waals surface area contributed by atoms with Gasteiger partial charge in [0.05, 0.1) is 9.80 Å². The largest absolute Gasteiger partial charge is 0.284 e. The molecule has 0 amide bonds. The molecule has 0 N–H and O–H groups in total. The Balaban J connectivity index is 1.97. The van der Waals surface area contributed by atoms with Gasteiger partial charge in [-0.2, -0.15) is 4.31 Å². The standard InChI is InChI=1S/C11H14N2O4S2/c1-7-10(13(14)15)5-11(18-7)19(16,17)12-6-8-2-3-9(12)4-8/h5,8-9H,2-4,6H2,1H3/t8-,9-/m0/s1. The molecule has 19 heavy (non-hydrogen) atoms. The third-order valence-electron chi connectivity index (χ3n) is 3.99. The molecule has 1 aromatic heterocycles. The molecule has 2 atom stereocenters. The molecule has 0 spiro atoms. The van der Waals surface area contributed by atoms with Gasteiger partial charge in [-0.3, -0.25) is 10.1 Å². The van der Waals surface area contributed by atoms with Crippen LogP contribution in [0.3, 0.4) is 0 Å². The van der Waals surface area contributed by atoms with Gasteiger partial charge in [0.15, 0.2) is 0 Å². The Morgan fingerprint density at radius 2 is 2.21 bits per heavy atom. The van der Waals surface area contributed by atoms with Crippen LogP contribution >= 0.6 is 11.3 Å². The van der Waals surface area contributed by atoms with Crippen molar-refractivity contribution in [1.29, 1.82) is 0 Å². The Kier molecular flexibility index (Phi) is 2.91. The normalized spacial score (nSPS) is 27.0. The van der Waals surface area contributed by atoms with E-state index >= 15 is 0 Å². The third kappa shape index (κ3) is 1.98. The van der Waals surface area contributed by atoms with Crippen LogP contribution in [0.2, 0.25) is 0 Å². The highest BCUT2D eigenvalue weighted by Crippen LogP contribution is 2.42. The summed E-state index contributed by atoms with van der Waals surface area (Å²) in [6.07, 6.45) is 2.95. The second-order valence-corrected chi connectivity index (χ2v) is 8.55. The Hall–Kier alpha value is -0.990. The fraction of sp³-hybridized carbons (Fsp3) is 0.636. The van der Waals surface area contributed by atoms with Crippen molar-refractivity contribution in [2.45, 2.75) is 36.4 Å². The van der Waals surface area contributed by atoms with Crippen LogP contribution in [0.5, 0.6) is 0 Å². The first kappa shape index (κ1) is 13.0. The van der Waals surface area contributed by atoms with E-state index in [0.717, 1.165) is 30.6 Å². The lowest BCUT2D eigenvalue weighted by atomic mass is 10.1. The molecule has 2 bridgehead atoms. The quantitative estimate of drug-likeness (QED) is 0.633. The molecule has 2 heterocycles. The van der Waals surface area contributed by atoms with E-state index in [1.165, 1.54) is 10.4 Å². The fourth-order valence-corrected chi connectivity index (χ4v) is 6.32. The van der Waals surface area contributed by atoms with Gasteiger partial charge in [-0.05, 0) is 32.1 Å². The summed E-state index contributed by atoms with van der Waals surface area (Å²) in [4.78, 5) is 10.7. The van der Waals surface area contributed by atoms with Crippen LogP contribution in [0.25, 0.3) is 0 Å². The molecule has 1 aliphatic carbocycles. The summed E-state index contributed by atoms with van der Waals surface area (Å²) >= 11 is 0.993. The van der Waals surface area contributed by atoms with E-state index in [9.17, 15) is 18.5 Å². The molecule has 2 fully saturated rings. The van der Waals surface area contributed by atoms with Crippen LogP contribution in [0.4, 0.5) is 5.69 Å². The summed E-state index contributed by atoms with van der Waals surface area (Å²) < 4.78 is 26.7. The lowest BCUT2D eigenvalue weighted by molar-refractivity contribution is -0.385. The number of aryl methyl sites for hydroxylation is 1. The molecule has 0 unspecified atom stereocenters. The zero-order valence-corrected chi connectivity index (χ0v) is 12.0. The number of nitro groups is 1. The van der Waals surface area contributed by atoms with Crippen molar-refractivity contribution in [3.8, 4) is 0 Å². The SMILES string of the molecule is Cc1sc(S(=O)(=O)N2C[C@H]3CC[C@H]2C3)cc1[N+](=O)[O-]. The molecule has 104 valence electrons. The van der Waals surface area contributed by atoms with Crippen molar-refractivity contribution < 1.29 is 13.3 Å². The zero-order chi connectivity index (χ0) is 13.8. The van der Waals surface area contributed by atoms with Gasteiger partial charge in [0.1, 0.15) is 4.21 Å². The predicted octanol–water partition coefficient (Wildman–Crippen LogP) is 2.14. The molecule has 0 aromatic carbocycles. The lowest BCUT2D eigenvalue weighted by Crippen LogP contribution is -2.37. The highest BCUT2D eigenvalue weighted by Gasteiger charge is 2.45. The number of hydrogen-bond donors (Lipinski definition) is 0. The maximum Gasteiger partial charge on any atom is 0.284 e. The fourth-order valence-electron chi connectivity index (χ4n) is 3.04. The number of fused-ring (bicyclic) bond motifs is 2. The average molecular weight is 302 g/mol. The summed E-state index contributed by atoms with van der Waals surface area (Å²) in [7, 11) is -3.56. The second-order valence-electron chi connectivity index (χ2n) is 5.17. The highest BCUT2D eigenvalue weighted by atomic mass is 32.2. The minimum absolute atomic E-state index is 0.0939. The van der Waals surface area contributed by atoms with E-state index < -0.39 is 14.9 Å². The van der Waals surface area contributed by atoms with Crippen LogP contribution in [-0.2, 0) is 10.0 Å². The average Bonchev–Trinajstić information content (AvgIpc) is 3.01. The third-order valence-corrected chi connectivity index (χ3v) is 7.39. The van der Waals surface area contributed by atoms with Gasteiger partial charge in [0, 0.05) is 18.7 Å². The second kappa shape index (κ2) is 4.26. The van der Waals surface area contributed by atoms with Crippen LogP contribution < -0.4 is 0 Å². The Morgan fingerprint density at radius 1 is 1.47 bits per heavy atom. The molecule has 0 radical (unpaired) electrons. The van der Waals surface area contributed by atoms with Gasteiger partial charge < -0.3 is 0 Å². The lowest BCUT2D eigenvalue weighted by Gasteiger charge is -2.25. The summed E-state index contributed by atoms with van der Waals surface area (Å²) in [5.41, 5.74) is -0.104. The van der Waals surface area contributed by atoms with Gasteiger partial charge in [-0.1, -0.05) is 0 Å². The van der Waals surface area contributed by atoms with Gasteiger partial charge in [0.2, 0.25) is 0 Å². The molecule has 1 saturated heterocycles. The first-order chi connectivity index (χ1) is 8.89. The minimum Gasteiger partial charge on any atom is -0.258 e. The summed E-state index contributed by atoms with van der Waals surface area (Å²) in [6.45, 7) is 2.15. The van der Waals surface area contributed by atoms with Crippen molar-refractivity contribution in [3.63, 3.8) is 0 Å². The Morgan fingerprint density at radius 3 is 2.68 bits per heavy atom. The summed E-state index contributed by atoms with van der Waals surface area (Å²) in [5, 5.41) is 10.8. The first-order valence-corrected chi connectivity index (χ1v) is 8.42. The van der Waals surface area contributed by atoms with Gasteiger partial charge in [-0.25, -0.2) is 8.42 Å². The summed E-state index contributed by atoms with van der Waals surface area (Å²) in [5.74, 6) is 0.468. The monoisotopic (exact) mass is 302 g/mol. The Labute approximate surface area is 115 Å². The molecular weight excluding hydrogens is 288 g/mol. The maximum absolute atomic E-state index is 12.5. The van der Waals surface area contributed by atoms with Crippen LogP contribution in [0, 0.1) is 23.0 Å². The number of piperidine rings is 1. The van der Waals surface area contributed by atoms with Gasteiger partial charge in [-0.15, -0.1) is 11.3 Å². The molecular formula is C11H14N2O4S2. The van der Waals surface area contributed by atoms with Crippen LogP contribution in [0.15, 0.2) is 10.3 Å². The first-order valence-electron chi connectivity index (χ1n) is 6.16. The van der Waals surface area contributed by atoms with Crippen molar-refractivity contribution in [2.24, 2.45) is 5.92 Å². The number of thiophene rings is 1. The van der Waals surface area contributed by atoms with E-state index in [1.807, 2.05) is 0 Å². The topological polar surface area (TPSA) is 80.5 Å². The maximum atomic E-state index is 12.5. The molecule has 1 aliphatic heterocycles. The number of rotatable bonds is 3. The molecule has 1 aromatic rings. The number of sulfonamides is 1. The molecule has 1 saturated carbocycles. The Bertz CT molecular complexity index is 637. The molecule has 8 heteroatoms. The van der Waals surface area contributed by atoms with Gasteiger partial charge >= 0.3 is 0 Å². The zero-order valence-electron chi connectivity index (χ0n) is 10.4. The van der Waals surface area contributed by atoms with E-state index in [4.69, 9.17) is 0 Å². The van der Waals surface area contributed by atoms with E-state index in [0.29, 0.717) is 17.3 Å². The highest BCUT2D eigenvalue weighted by molar-refractivity contribution is 7.91. The number of nitrogens with zero attached hydrogens (tertiary/aromatic N) is 2. The van der Waals surface area contributed by atoms with E-state index in [2.05, 4.69) is 0 Å².